The van der Waals surface area contributed by atoms with Gasteiger partial charge in [0.15, 0.2) is 5.78 Å². The molecule has 0 spiro atoms. The third kappa shape index (κ3) is 6.41. The van der Waals surface area contributed by atoms with Crippen LogP contribution in [-0.2, 0) is 11.2 Å². The van der Waals surface area contributed by atoms with Crippen LogP contribution in [0.15, 0.2) is 108 Å². The third-order valence-electron chi connectivity index (χ3n) is 7.89. The summed E-state index contributed by atoms with van der Waals surface area (Å²) in [5.74, 6) is 0.508. The molecular formula is C36H34N2O5. The number of Topliss-reactive ketones (excluding diaryl/α,β-unsaturated/α-hetero) is 1. The molecule has 0 saturated carbocycles. The number of aromatic amines is 1. The fourth-order valence-corrected chi connectivity index (χ4v) is 5.75. The summed E-state index contributed by atoms with van der Waals surface area (Å²) in [5, 5.41) is 15.4. The predicted molar refractivity (Wildman–Crippen MR) is 168 cm³/mol. The lowest BCUT2D eigenvalue weighted by atomic mass is 9.90. The summed E-state index contributed by atoms with van der Waals surface area (Å²) in [6.45, 7) is 0.744. The maximum Gasteiger partial charge on any atom is 0.326 e. The number of aromatic nitrogens is 1. The molecule has 0 bridgehead atoms. The lowest BCUT2D eigenvalue weighted by Crippen LogP contribution is -2.39. The lowest BCUT2D eigenvalue weighted by molar-refractivity contribution is -0.139. The number of carbonyl (C=O) groups is 2. The second-order valence-electron chi connectivity index (χ2n) is 10.8. The Hall–Kier alpha value is -5.04. The molecule has 1 aliphatic rings. The standard InChI is InChI=1S/C36H34N2O5/c39-35(25-9-2-1-3-10-25)28-12-5-7-14-30(28)38-32(36(40)41)23-24-17-19-26(20-18-24)42-21-22-43-33-16-8-15-31-34(33)27-11-4-6-13-29(27)37-31/h1-4,6,8-11,13,15-20,32,37-38H,5,7,12,14,21-23H2,(H,40,41)/t32-/m0/s1. The Labute approximate surface area is 250 Å². The molecule has 218 valence electrons. The van der Waals surface area contributed by atoms with E-state index < -0.39 is 12.0 Å². The highest BCUT2D eigenvalue weighted by molar-refractivity contribution is 6.10. The Balaban J connectivity index is 1.06. The van der Waals surface area contributed by atoms with Crippen LogP contribution in [0.3, 0.4) is 0 Å². The van der Waals surface area contributed by atoms with Crippen LogP contribution in [0, 0.1) is 0 Å². The maximum absolute atomic E-state index is 13.2. The van der Waals surface area contributed by atoms with E-state index >= 15 is 0 Å². The van der Waals surface area contributed by atoms with Gasteiger partial charge in [-0.05, 0) is 61.6 Å². The van der Waals surface area contributed by atoms with Crippen LogP contribution >= 0.6 is 0 Å². The Morgan fingerprint density at radius 1 is 0.791 bits per heavy atom. The minimum absolute atomic E-state index is 0.0319. The number of ether oxygens (including phenoxy) is 2. The van der Waals surface area contributed by atoms with Crippen LogP contribution in [0.25, 0.3) is 21.8 Å². The zero-order valence-corrected chi connectivity index (χ0v) is 23.8. The number of hydrogen-bond acceptors (Lipinski definition) is 5. The van der Waals surface area contributed by atoms with Gasteiger partial charge < -0.3 is 24.9 Å². The molecule has 5 aromatic rings. The fourth-order valence-electron chi connectivity index (χ4n) is 5.75. The first-order valence-electron chi connectivity index (χ1n) is 14.7. The van der Waals surface area contributed by atoms with Crippen molar-refractivity contribution in [2.24, 2.45) is 0 Å². The number of carboxylic acid groups (broad SMARTS) is 1. The molecule has 0 radical (unpaired) electrons. The van der Waals surface area contributed by atoms with Crippen molar-refractivity contribution in [1.82, 2.24) is 10.3 Å². The summed E-state index contributed by atoms with van der Waals surface area (Å²) in [4.78, 5) is 28.8. The van der Waals surface area contributed by atoms with E-state index in [1.54, 1.807) is 12.1 Å². The average molecular weight is 575 g/mol. The summed E-state index contributed by atoms with van der Waals surface area (Å²) in [7, 11) is 0. The van der Waals surface area contributed by atoms with E-state index in [0.29, 0.717) is 42.9 Å². The number of fused-ring (bicyclic) bond motifs is 3. The van der Waals surface area contributed by atoms with Gasteiger partial charge in [-0.25, -0.2) is 4.79 Å². The fraction of sp³-hybridized carbons (Fsp3) is 0.222. The molecule has 43 heavy (non-hydrogen) atoms. The van der Waals surface area contributed by atoms with E-state index in [1.165, 1.54) is 0 Å². The first-order chi connectivity index (χ1) is 21.1. The van der Waals surface area contributed by atoms with Gasteiger partial charge >= 0.3 is 5.97 Å². The van der Waals surface area contributed by atoms with Gasteiger partial charge in [-0.2, -0.15) is 0 Å². The third-order valence-corrected chi connectivity index (χ3v) is 7.89. The van der Waals surface area contributed by atoms with E-state index in [0.717, 1.165) is 51.7 Å². The van der Waals surface area contributed by atoms with Gasteiger partial charge in [0.2, 0.25) is 0 Å². The number of nitrogens with one attached hydrogen (secondary N) is 2. The van der Waals surface area contributed by atoms with E-state index in [9.17, 15) is 14.7 Å². The van der Waals surface area contributed by atoms with Crippen molar-refractivity contribution in [3.63, 3.8) is 0 Å². The van der Waals surface area contributed by atoms with Crippen LogP contribution in [0.4, 0.5) is 0 Å². The van der Waals surface area contributed by atoms with E-state index in [1.807, 2.05) is 72.8 Å². The lowest BCUT2D eigenvalue weighted by Gasteiger charge is -2.25. The molecule has 1 aromatic heterocycles. The van der Waals surface area contributed by atoms with Crippen molar-refractivity contribution >= 4 is 33.6 Å². The van der Waals surface area contributed by atoms with E-state index in [4.69, 9.17) is 9.47 Å². The minimum atomic E-state index is -0.952. The second-order valence-corrected chi connectivity index (χ2v) is 10.8. The van der Waals surface area contributed by atoms with Crippen molar-refractivity contribution in [3.05, 3.63) is 119 Å². The molecule has 6 rings (SSSR count). The molecule has 4 aromatic carbocycles. The largest absolute Gasteiger partial charge is 0.490 e. The van der Waals surface area contributed by atoms with Crippen molar-refractivity contribution in [3.8, 4) is 11.5 Å². The molecule has 0 aliphatic heterocycles. The van der Waals surface area contributed by atoms with Crippen molar-refractivity contribution < 1.29 is 24.2 Å². The monoisotopic (exact) mass is 574 g/mol. The Morgan fingerprint density at radius 3 is 2.33 bits per heavy atom. The number of aliphatic carboxylic acids is 1. The van der Waals surface area contributed by atoms with Gasteiger partial charge in [0, 0.05) is 39.5 Å². The Kier molecular flexibility index (Phi) is 8.40. The van der Waals surface area contributed by atoms with E-state index in [-0.39, 0.29) is 12.2 Å². The van der Waals surface area contributed by atoms with Crippen LogP contribution < -0.4 is 14.8 Å². The van der Waals surface area contributed by atoms with Crippen molar-refractivity contribution in [1.29, 1.82) is 0 Å². The van der Waals surface area contributed by atoms with Gasteiger partial charge in [-0.15, -0.1) is 0 Å². The number of H-pyrrole nitrogens is 1. The van der Waals surface area contributed by atoms with Gasteiger partial charge in [-0.3, -0.25) is 4.79 Å². The summed E-state index contributed by atoms with van der Waals surface area (Å²) in [6.07, 6.45) is 3.44. The van der Waals surface area contributed by atoms with Crippen molar-refractivity contribution in [2.45, 2.75) is 38.1 Å². The highest BCUT2D eigenvalue weighted by Gasteiger charge is 2.25. The van der Waals surface area contributed by atoms with E-state index in [2.05, 4.69) is 22.4 Å². The first-order valence-corrected chi connectivity index (χ1v) is 14.7. The van der Waals surface area contributed by atoms with Crippen LogP contribution in [0.1, 0.15) is 41.6 Å². The molecule has 1 aliphatic carbocycles. The molecule has 0 fully saturated rings. The number of ketones is 1. The summed E-state index contributed by atoms with van der Waals surface area (Å²) >= 11 is 0. The number of rotatable bonds is 12. The number of hydrogen-bond donors (Lipinski definition) is 3. The van der Waals surface area contributed by atoms with Gasteiger partial charge in [0.25, 0.3) is 0 Å². The number of benzene rings is 4. The highest BCUT2D eigenvalue weighted by Crippen LogP contribution is 2.33. The van der Waals surface area contributed by atoms with Crippen LogP contribution in [0.5, 0.6) is 11.5 Å². The summed E-state index contributed by atoms with van der Waals surface area (Å²) in [6, 6.07) is 29.9. The van der Waals surface area contributed by atoms with Crippen molar-refractivity contribution in [2.75, 3.05) is 13.2 Å². The summed E-state index contributed by atoms with van der Waals surface area (Å²) in [5.41, 5.74) is 5.03. The Bertz CT molecular complexity index is 1770. The smallest absolute Gasteiger partial charge is 0.326 e. The molecule has 0 unspecified atom stereocenters. The molecule has 7 heteroatoms. The average Bonchev–Trinajstić information content (AvgIpc) is 3.43. The molecule has 7 nitrogen and oxygen atoms in total. The zero-order chi connectivity index (χ0) is 29.6. The predicted octanol–water partition coefficient (Wildman–Crippen LogP) is 7.08. The molecular weight excluding hydrogens is 540 g/mol. The van der Waals surface area contributed by atoms with Gasteiger partial charge in [0.1, 0.15) is 30.8 Å². The second kappa shape index (κ2) is 12.9. The molecule has 1 heterocycles. The minimum Gasteiger partial charge on any atom is -0.490 e. The Morgan fingerprint density at radius 2 is 1.51 bits per heavy atom. The quantitative estimate of drug-likeness (QED) is 0.109. The number of allylic oxidation sites excluding steroid dienone is 2. The topological polar surface area (TPSA) is 101 Å². The maximum atomic E-state index is 13.2. The summed E-state index contributed by atoms with van der Waals surface area (Å²) < 4.78 is 12.0. The SMILES string of the molecule is O=C(C1=C(N[C@@H](Cc2ccc(OCCOc3cccc4[nH]c5ccccc5c34)cc2)C(=O)O)CCCC1)c1ccccc1. The first kappa shape index (κ1) is 28.1. The van der Waals surface area contributed by atoms with Crippen LogP contribution in [-0.4, -0.2) is 41.1 Å². The number of carbonyl (C=O) groups excluding carboxylic acids is 1. The normalized spacial score (nSPS) is 14.0. The number of para-hydroxylation sites is 1. The number of carboxylic acids is 1. The van der Waals surface area contributed by atoms with Gasteiger partial charge in [0.05, 0.1) is 5.52 Å². The molecule has 3 N–H and O–H groups in total. The van der Waals surface area contributed by atoms with Gasteiger partial charge in [-0.1, -0.05) is 66.7 Å². The molecule has 1 atom stereocenters. The zero-order valence-electron chi connectivity index (χ0n) is 23.8. The van der Waals surface area contributed by atoms with Crippen LogP contribution in [0.2, 0.25) is 0 Å². The molecule has 0 saturated heterocycles. The molecule has 0 amide bonds. The highest BCUT2D eigenvalue weighted by atomic mass is 16.5.